The number of nitrogens with zero attached hydrogens (tertiary/aromatic N) is 1. The number of benzene rings is 1. The van der Waals surface area contributed by atoms with E-state index in [4.69, 9.17) is 15.2 Å². The van der Waals surface area contributed by atoms with Crippen molar-refractivity contribution < 1.29 is 33.2 Å². The van der Waals surface area contributed by atoms with Gasteiger partial charge in [-0.3, -0.25) is 0 Å². The summed E-state index contributed by atoms with van der Waals surface area (Å²) in [6.45, 7) is -0.161. The lowest BCUT2D eigenvalue weighted by Crippen LogP contribution is -2.35. The Morgan fingerprint density at radius 1 is 1.30 bits per heavy atom. The quantitative estimate of drug-likeness (QED) is 0.494. The van der Waals surface area contributed by atoms with Crippen molar-refractivity contribution in [2.75, 3.05) is 6.61 Å². The van der Waals surface area contributed by atoms with Crippen molar-refractivity contribution in [3.8, 4) is 5.75 Å². The predicted octanol–water partition coefficient (Wildman–Crippen LogP) is -1.95. The van der Waals surface area contributed by atoms with E-state index in [1.54, 1.807) is 18.2 Å². The zero-order valence-electron chi connectivity index (χ0n) is 11.9. The molecule has 1 fully saturated rings. The Labute approximate surface area is 132 Å². The zero-order valence-corrected chi connectivity index (χ0v) is 12.7. The number of hydrogen-bond donors (Lipinski definition) is 4. The highest BCUT2D eigenvalue weighted by molar-refractivity contribution is 7.89. The van der Waals surface area contributed by atoms with Crippen LogP contribution >= 0.6 is 0 Å². The van der Waals surface area contributed by atoms with E-state index in [1.807, 2.05) is 0 Å². The van der Waals surface area contributed by atoms with E-state index in [-0.39, 0.29) is 23.9 Å². The van der Waals surface area contributed by atoms with Crippen molar-refractivity contribution >= 4 is 15.9 Å². The monoisotopic (exact) mass is 344 g/mol. The average Bonchev–Trinajstić information content (AvgIpc) is 2.70. The van der Waals surface area contributed by atoms with Gasteiger partial charge < -0.3 is 30.5 Å². The molecule has 5 N–H and O–H groups in total. The maximum absolute atomic E-state index is 11.6. The minimum absolute atomic E-state index is 0.161. The standard InChI is InChI=1S/C13H16N2O7S/c14-12-9-6(5-23(19,20)15-12)2-1-3-7(9)21-4-8-10(16)11(17)13(18)22-8/h1-3,8,10-11,13,16-18H,4-5H2,(H2,14,15)/t8-,10-,11-,13?/m1/s1. The lowest BCUT2D eigenvalue weighted by molar-refractivity contribution is -0.131. The van der Waals surface area contributed by atoms with Crippen LogP contribution in [0, 0.1) is 0 Å². The Kier molecular flexibility index (Phi) is 4.02. The van der Waals surface area contributed by atoms with Crippen molar-refractivity contribution in [1.82, 2.24) is 0 Å². The van der Waals surface area contributed by atoms with Crippen molar-refractivity contribution in [3.63, 3.8) is 0 Å². The second-order valence-corrected chi connectivity index (χ2v) is 6.99. The fraction of sp³-hybridized carbons (Fsp3) is 0.462. The first-order valence-electron chi connectivity index (χ1n) is 6.81. The van der Waals surface area contributed by atoms with Gasteiger partial charge >= 0.3 is 0 Å². The minimum Gasteiger partial charge on any atom is -0.490 e. The van der Waals surface area contributed by atoms with Crippen molar-refractivity contribution in [3.05, 3.63) is 29.3 Å². The molecule has 2 aliphatic rings. The van der Waals surface area contributed by atoms with Crippen molar-refractivity contribution in [2.45, 2.75) is 30.4 Å². The Morgan fingerprint density at radius 2 is 2.04 bits per heavy atom. The summed E-state index contributed by atoms with van der Waals surface area (Å²) in [4.78, 5) is 0. The maximum Gasteiger partial charge on any atom is 0.259 e. The molecule has 9 nitrogen and oxygen atoms in total. The van der Waals surface area contributed by atoms with Gasteiger partial charge in [-0.05, 0) is 11.6 Å². The molecule has 0 amide bonds. The maximum atomic E-state index is 11.6. The van der Waals surface area contributed by atoms with Gasteiger partial charge in [0.25, 0.3) is 10.0 Å². The molecule has 0 radical (unpaired) electrons. The highest BCUT2D eigenvalue weighted by Crippen LogP contribution is 2.29. The van der Waals surface area contributed by atoms with Crippen LogP contribution in [0.4, 0.5) is 0 Å². The largest absolute Gasteiger partial charge is 0.490 e. The summed E-state index contributed by atoms with van der Waals surface area (Å²) in [7, 11) is -3.64. The fourth-order valence-corrected chi connectivity index (χ4v) is 3.66. The molecule has 0 aliphatic carbocycles. The summed E-state index contributed by atoms with van der Waals surface area (Å²) in [5, 5.41) is 28.5. The van der Waals surface area contributed by atoms with Crippen LogP contribution in [0.5, 0.6) is 5.75 Å². The number of ether oxygens (including phenoxy) is 2. The normalized spacial score (nSPS) is 32.2. The van der Waals surface area contributed by atoms with Gasteiger partial charge in [-0.15, -0.1) is 4.40 Å². The summed E-state index contributed by atoms with van der Waals surface area (Å²) in [5.41, 5.74) is 6.54. The number of sulfonamides is 1. The van der Waals surface area contributed by atoms with Crippen LogP contribution in [0.2, 0.25) is 0 Å². The van der Waals surface area contributed by atoms with Crippen LogP contribution in [0.25, 0.3) is 0 Å². The van der Waals surface area contributed by atoms with E-state index in [9.17, 15) is 23.7 Å². The lowest BCUT2D eigenvalue weighted by atomic mass is 10.1. The molecule has 10 heteroatoms. The minimum atomic E-state index is -3.64. The summed E-state index contributed by atoms with van der Waals surface area (Å²) in [6.07, 6.45) is -5.12. The molecule has 0 bridgehead atoms. The molecule has 4 atom stereocenters. The van der Waals surface area contributed by atoms with E-state index in [1.165, 1.54) is 0 Å². The van der Waals surface area contributed by atoms with E-state index in [0.717, 1.165) is 0 Å². The topological polar surface area (TPSA) is 152 Å². The molecular formula is C13H16N2O7S. The van der Waals surface area contributed by atoms with Gasteiger partial charge in [0.1, 0.15) is 36.5 Å². The van der Waals surface area contributed by atoms with Gasteiger partial charge in [-0.1, -0.05) is 12.1 Å². The first kappa shape index (κ1) is 16.1. The van der Waals surface area contributed by atoms with Gasteiger partial charge in [-0.25, -0.2) is 8.42 Å². The molecule has 0 spiro atoms. The van der Waals surface area contributed by atoms with Gasteiger partial charge in [0.15, 0.2) is 6.29 Å². The number of rotatable bonds is 3. The number of amidine groups is 1. The highest BCUT2D eigenvalue weighted by atomic mass is 32.2. The molecule has 1 unspecified atom stereocenters. The van der Waals surface area contributed by atoms with Crippen LogP contribution in [-0.2, 0) is 20.5 Å². The number of hydrogen-bond acceptors (Lipinski definition) is 8. The van der Waals surface area contributed by atoms with Crippen LogP contribution in [-0.4, -0.2) is 60.8 Å². The number of aliphatic hydroxyl groups is 3. The molecule has 1 saturated heterocycles. The van der Waals surface area contributed by atoms with Crippen LogP contribution in [0.3, 0.4) is 0 Å². The zero-order chi connectivity index (χ0) is 16.8. The van der Waals surface area contributed by atoms with E-state index < -0.39 is 34.6 Å². The van der Waals surface area contributed by atoms with E-state index in [2.05, 4.69) is 4.40 Å². The molecule has 0 saturated carbocycles. The third-order valence-corrected chi connectivity index (χ3v) is 4.83. The molecule has 1 aromatic rings. The number of nitrogens with two attached hydrogens (primary N) is 1. The van der Waals surface area contributed by atoms with Gasteiger partial charge in [0.05, 0.1) is 11.3 Å². The van der Waals surface area contributed by atoms with E-state index >= 15 is 0 Å². The second kappa shape index (κ2) is 5.73. The van der Waals surface area contributed by atoms with Crippen LogP contribution in [0.1, 0.15) is 11.1 Å². The Bertz CT molecular complexity index is 749. The third kappa shape index (κ3) is 3.03. The smallest absolute Gasteiger partial charge is 0.259 e. The van der Waals surface area contributed by atoms with Crippen molar-refractivity contribution in [2.24, 2.45) is 10.1 Å². The molecule has 2 aliphatic heterocycles. The summed E-state index contributed by atoms with van der Waals surface area (Å²) in [6, 6.07) is 4.79. The second-order valence-electron chi connectivity index (χ2n) is 5.35. The van der Waals surface area contributed by atoms with Crippen LogP contribution in [0.15, 0.2) is 22.6 Å². The highest BCUT2D eigenvalue weighted by Gasteiger charge is 2.42. The first-order chi connectivity index (χ1) is 10.8. The molecular weight excluding hydrogens is 328 g/mol. The molecule has 23 heavy (non-hydrogen) atoms. The molecule has 0 aromatic heterocycles. The predicted molar refractivity (Wildman–Crippen MR) is 78.2 cm³/mol. The van der Waals surface area contributed by atoms with Gasteiger partial charge in [-0.2, -0.15) is 0 Å². The van der Waals surface area contributed by atoms with Gasteiger partial charge in [0.2, 0.25) is 0 Å². The number of fused-ring (bicyclic) bond motifs is 1. The average molecular weight is 344 g/mol. The number of aliphatic hydroxyl groups excluding tert-OH is 3. The van der Waals surface area contributed by atoms with Crippen molar-refractivity contribution in [1.29, 1.82) is 0 Å². The Morgan fingerprint density at radius 3 is 2.70 bits per heavy atom. The molecule has 126 valence electrons. The lowest BCUT2D eigenvalue weighted by Gasteiger charge is -2.20. The van der Waals surface area contributed by atoms with E-state index in [0.29, 0.717) is 11.1 Å². The summed E-state index contributed by atoms with van der Waals surface area (Å²) in [5.74, 6) is -0.166. The summed E-state index contributed by atoms with van der Waals surface area (Å²) < 4.78 is 37.2. The first-order valence-corrected chi connectivity index (χ1v) is 8.42. The van der Waals surface area contributed by atoms with Gasteiger partial charge in [0, 0.05) is 0 Å². The molecule has 3 rings (SSSR count). The van der Waals surface area contributed by atoms with Crippen LogP contribution < -0.4 is 10.5 Å². The SMILES string of the molecule is NC1=NS(=O)(=O)Cc2cccc(OC[C@H]3OC(O)[C@H](O)[C@@H]3O)c21. The Balaban J connectivity index is 1.81. The summed E-state index contributed by atoms with van der Waals surface area (Å²) >= 11 is 0. The third-order valence-electron chi connectivity index (χ3n) is 3.68. The Hall–Kier alpha value is -1.72. The molecule has 1 aromatic carbocycles. The molecule has 2 heterocycles. The fourth-order valence-electron chi connectivity index (χ4n) is 2.57.